The average molecular weight is 370 g/mol. The fraction of sp³-hybridized carbons (Fsp3) is 0. The molecule has 0 N–H and O–H groups in total. The van der Waals surface area contributed by atoms with Gasteiger partial charge in [-0.25, -0.2) is 9.37 Å². The average Bonchev–Trinajstić information content (AvgIpc) is 2.63. The van der Waals surface area contributed by atoms with E-state index >= 15 is 4.39 Å². The van der Waals surface area contributed by atoms with Crippen LogP contribution in [-0.2, 0) is 0 Å². The molecule has 0 aliphatic rings. The molecule has 3 aromatic carbocycles. The Morgan fingerprint density at radius 2 is 1.36 bits per heavy atom. The van der Waals surface area contributed by atoms with Crippen LogP contribution in [0.1, 0.15) is 0 Å². The van der Waals surface area contributed by atoms with Crippen LogP contribution >= 0.6 is 24.0 Å². The van der Waals surface area contributed by atoms with Crippen molar-refractivity contribution >= 4 is 34.9 Å². The van der Waals surface area contributed by atoms with Gasteiger partial charge in [-0.1, -0.05) is 72.3 Å². The van der Waals surface area contributed by atoms with Crippen LogP contribution in [0.25, 0.3) is 33.3 Å². The molecule has 0 amide bonds. The lowest BCUT2D eigenvalue weighted by Crippen LogP contribution is -1.96. The predicted octanol–water partition coefficient (Wildman–Crippen LogP) is 6.78. The number of halogens is 3. The van der Waals surface area contributed by atoms with Crippen molar-refractivity contribution in [3.8, 4) is 22.4 Å². The number of fused-ring (bicyclic) bond motifs is 1. The first-order chi connectivity index (χ1) is 11.7. The van der Waals surface area contributed by atoms with Crippen LogP contribution in [-0.4, -0.2) is 4.98 Å². The first-order valence-corrected chi connectivity index (χ1v) is 8.01. The van der Waals surface area contributed by atoms with Crippen molar-refractivity contribution in [1.82, 2.24) is 4.98 Å². The molecule has 0 aliphatic heterocycles. The van der Waals surface area contributed by atoms with Gasteiger partial charge in [0, 0.05) is 21.5 Å². The summed E-state index contributed by atoms with van der Waals surface area (Å²) < 4.78 is 15.4. The van der Waals surface area contributed by atoms with Gasteiger partial charge in [-0.3, -0.25) is 0 Å². The third-order valence-corrected chi connectivity index (χ3v) is 4.23. The van der Waals surface area contributed by atoms with Gasteiger partial charge in [0.2, 0.25) is 0 Å². The fourth-order valence-corrected chi connectivity index (χ4v) is 3.06. The minimum absolute atomic E-state index is 0. The summed E-state index contributed by atoms with van der Waals surface area (Å²) >= 11 is 6.14. The lowest BCUT2D eigenvalue weighted by Gasteiger charge is -2.13. The summed E-state index contributed by atoms with van der Waals surface area (Å²) in [5.41, 5.74) is 3.16. The van der Waals surface area contributed by atoms with Crippen LogP contribution < -0.4 is 0 Å². The Morgan fingerprint density at radius 3 is 2.00 bits per heavy atom. The van der Waals surface area contributed by atoms with E-state index in [1.165, 1.54) is 0 Å². The molecule has 25 heavy (non-hydrogen) atoms. The van der Waals surface area contributed by atoms with Crippen molar-refractivity contribution in [3.05, 3.63) is 89.7 Å². The minimum Gasteiger partial charge on any atom is -0.245 e. The van der Waals surface area contributed by atoms with Crippen LogP contribution in [0.4, 0.5) is 4.39 Å². The standard InChI is InChI=1S/C21H13ClFN.ClH/c22-16-11-12-18-17(13-16)19(14-7-3-1-4-8-14)20(23)21(24-18)15-9-5-2-6-10-15;/h1-13H;1H. The molecule has 1 nitrogen and oxygen atoms in total. The van der Waals surface area contributed by atoms with E-state index in [0.29, 0.717) is 21.7 Å². The number of hydrogen-bond acceptors (Lipinski definition) is 1. The van der Waals surface area contributed by atoms with Gasteiger partial charge >= 0.3 is 0 Å². The van der Waals surface area contributed by atoms with Crippen molar-refractivity contribution in [3.63, 3.8) is 0 Å². The van der Waals surface area contributed by atoms with E-state index in [0.717, 1.165) is 16.6 Å². The van der Waals surface area contributed by atoms with E-state index < -0.39 is 0 Å². The number of nitrogens with zero attached hydrogens (tertiary/aromatic N) is 1. The van der Waals surface area contributed by atoms with E-state index in [9.17, 15) is 0 Å². The zero-order chi connectivity index (χ0) is 16.5. The number of hydrogen-bond donors (Lipinski definition) is 0. The van der Waals surface area contributed by atoms with E-state index in [1.807, 2.05) is 66.7 Å². The molecule has 0 fully saturated rings. The van der Waals surface area contributed by atoms with Crippen molar-refractivity contribution in [2.24, 2.45) is 0 Å². The maximum Gasteiger partial charge on any atom is 0.157 e. The minimum atomic E-state index is -0.331. The number of pyridine rings is 1. The molecule has 4 aromatic rings. The van der Waals surface area contributed by atoms with Crippen LogP contribution in [0.3, 0.4) is 0 Å². The zero-order valence-electron chi connectivity index (χ0n) is 13.1. The monoisotopic (exact) mass is 369 g/mol. The quantitative estimate of drug-likeness (QED) is 0.379. The molecular weight excluding hydrogens is 356 g/mol. The fourth-order valence-electron chi connectivity index (χ4n) is 2.89. The third kappa shape index (κ3) is 3.23. The Labute approximate surface area is 156 Å². The molecule has 0 radical (unpaired) electrons. The summed E-state index contributed by atoms with van der Waals surface area (Å²) in [6.07, 6.45) is 0. The van der Waals surface area contributed by atoms with Gasteiger partial charge in [-0.2, -0.15) is 0 Å². The molecule has 0 atom stereocenters. The van der Waals surface area contributed by atoms with Crippen molar-refractivity contribution in [1.29, 1.82) is 0 Å². The molecule has 1 heterocycles. The normalized spacial score (nSPS) is 10.5. The van der Waals surface area contributed by atoms with Crippen LogP contribution in [0.15, 0.2) is 78.9 Å². The van der Waals surface area contributed by atoms with Crippen LogP contribution in [0.2, 0.25) is 5.02 Å². The highest BCUT2D eigenvalue weighted by molar-refractivity contribution is 6.31. The van der Waals surface area contributed by atoms with Crippen LogP contribution in [0, 0.1) is 5.82 Å². The number of aromatic nitrogens is 1. The topological polar surface area (TPSA) is 12.9 Å². The maximum absolute atomic E-state index is 15.4. The summed E-state index contributed by atoms with van der Waals surface area (Å²) in [6, 6.07) is 24.3. The summed E-state index contributed by atoms with van der Waals surface area (Å²) in [6.45, 7) is 0. The maximum atomic E-state index is 15.4. The third-order valence-electron chi connectivity index (χ3n) is 4.00. The molecule has 0 saturated carbocycles. The molecule has 1 aromatic heterocycles. The van der Waals surface area contributed by atoms with Gasteiger partial charge in [0.15, 0.2) is 5.82 Å². The molecule has 0 bridgehead atoms. The van der Waals surface area contributed by atoms with Gasteiger partial charge in [0.05, 0.1) is 5.52 Å². The van der Waals surface area contributed by atoms with Gasteiger partial charge < -0.3 is 0 Å². The summed E-state index contributed by atoms with van der Waals surface area (Å²) in [4.78, 5) is 4.54. The molecule has 4 heteroatoms. The molecule has 0 aliphatic carbocycles. The zero-order valence-corrected chi connectivity index (χ0v) is 14.7. The Morgan fingerprint density at radius 1 is 0.760 bits per heavy atom. The second-order valence-electron chi connectivity index (χ2n) is 5.54. The highest BCUT2D eigenvalue weighted by Gasteiger charge is 2.18. The molecule has 0 unspecified atom stereocenters. The highest BCUT2D eigenvalue weighted by atomic mass is 35.5. The number of benzene rings is 3. The molecule has 0 spiro atoms. The van der Waals surface area contributed by atoms with Crippen LogP contribution in [0.5, 0.6) is 0 Å². The lowest BCUT2D eigenvalue weighted by atomic mass is 9.97. The van der Waals surface area contributed by atoms with E-state index in [2.05, 4.69) is 4.98 Å². The van der Waals surface area contributed by atoms with E-state index in [-0.39, 0.29) is 18.2 Å². The summed E-state index contributed by atoms with van der Waals surface area (Å²) in [7, 11) is 0. The number of rotatable bonds is 2. The SMILES string of the molecule is Cl.Fc1c(-c2ccccc2)nc2ccc(Cl)cc2c1-c1ccccc1. The van der Waals surface area contributed by atoms with Gasteiger partial charge in [0.1, 0.15) is 5.69 Å². The largest absolute Gasteiger partial charge is 0.245 e. The predicted molar refractivity (Wildman–Crippen MR) is 105 cm³/mol. The smallest absolute Gasteiger partial charge is 0.157 e. The van der Waals surface area contributed by atoms with Crippen molar-refractivity contribution in [2.75, 3.05) is 0 Å². The molecule has 124 valence electrons. The summed E-state index contributed by atoms with van der Waals surface area (Å²) in [5.74, 6) is -0.331. The van der Waals surface area contributed by atoms with Gasteiger partial charge in [-0.15, -0.1) is 12.4 Å². The Bertz CT molecular complexity index is 1020. The Balaban J connectivity index is 0.00000182. The van der Waals surface area contributed by atoms with Crippen molar-refractivity contribution in [2.45, 2.75) is 0 Å². The Kier molecular flexibility index (Phi) is 5.03. The van der Waals surface area contributed by atoms with Gasteiger partial charge in [-0.05, 0) is 23.8 Å². The van der Waals surface area contributed by atoms with Crippen molar-refractivity contribution < 1.29 is 4.39 Å². The molecular formula is C21H14Cl2FN. The summed E-state index contributed by atoms with van der Waals surface area (Å²) in [5, 5.41) is 1.28. The lowest BCUT2D eigenvalue weighted by molar-refractivity contribution is 0.631. The first kappa shape index (κ1) is 17.4. The highest BCUT2D eigenvalue weighted by Crippen LogP contribution is 2.36. The second-order valence-corrected chi connectivity index (χ2v) is 5.98. The second kappa shape index (κ2) is 7.22. The molecule has 0 saturated heterocycles. The Hall–Kier alpha value is -2.42. The van der Waals surface area contributed by atoms with E-state index in [4.69, 9.17) is 11.6 Å². The van der Waals surface area contributed by atoms with Gasteiger partial charge in [0.25, 0.3) is 0 Å². The first-order valence-electron chi connectivity index (χ1n) is 7.63. The molecule has 4 rings (SSSR count). The van der Waals surface area contributed by atoms with E-state index in [1.54, 1.807) is 12.1 Å².